The number of aryl methyl sites for hydroxylation is 1. The van der Waals surface area contributed by atoms with Crippen LogP contribution >= 0.6 is 0 Å². The third-order valence-corrected chi connectivity index (χ3v) is 3.45. The molecule has 0 aliphatic heterocycles. The molecule has 0 aliphatic carbocycles. The summed E-state index contributed by atoms with van der Waals surface area (Å²) in [5, 5.41) is 2.67. The maximum absolute atomic E-state index is 13.2. The highest BCUT2D eigenvalue weighted by Crippen LogP contribution is 2.17. The van der Waals surface area contributed by atoms with Crippen LogP contribution in [0.1, 0.15) is 28.8 Å². The Balaban J connectivity index is 2.02. The molecule has 0 aliphatic rings. The number of carbonyl (C=O) groups is 1. The Labute approximate surface area is 126 Å². The molecule has 0 unspecified atom stereocenters. The minimum Gasteiger partial charge on any atom is -0.351 e. The fraction of sp³-hybridized carbons (Fsp3) is 0.250. The Morgan fingerprint density at radius 1 is 1.23 bits per heavy atom. The molecule has 0 spiro atoms. The first-order valence-electron chi connectivity index (χ1n) is 6.78. The van der Waals surface area contributed by atoms with Gasteiger partial charge < -0.3 is 9.88 Å². The summed E-state index contributed by atoms with van der Waals surface area (Å²) in [5.41, 5.74) is 0.574. The number of carbonyl (C=O) groups excluding carboxylic acids is 1. The van der Waals surface area contributed by atoms with Crippen molar-refractivity contribution in [2.24, 2.45) is 7.05 Å². The second kappa shape index (κ2) is 6.51. The Morgan fingerprint density at radius 3 is 2.59 bits per heavy atom. The Morgan fingerprint density at radius 2 is 1.95 bits per heavy atom. The van der Waals surface area contributed by atoms with Gasteiger partial charge in [-0.15, -0.1) is 0 Å². The maximum atomic E-state index is 13.2. The molecule has 0 saturated carbocycles. The molecule has 1 atom stereocenters. The quantitative estimate of drug-likeness (QED) is 0.941. The van der Waals surface area contributed by atoms with Crippen molar-refractivity contribution in [3.63, 3.8) is 0 Å². The van der Waals surface area contributed by atoms with Gasteiger partial charge in [0.1, 0.15) is 0 Å². The van der Waals surface area contributed by atoms with Gasteiger partial charge in [-0.1, -0.05) is 13.0 Å². The summed E-state index contributed by atoms with van der Waals surface area (Å²) in [7, 11) is 1.59. The topological polar surface area (TPSA) is 51.1 Å². The Kier molecular flexibility index (Phi) is 4.70. The number of amides is 1. The van der Waals surface area contributed by atoms with Crippen LogP contribution in [-0.2, 0) is 7.05 Å². The number of hydrogen-bond donors (Lipinski definition) is 1. The van der Waals surface area contributed by atoms with E-state index in [1.54, 1.807) is 20.0 Å². The highest BCUT2D eigenvalue weighted by Gasteiger charge is 2.12. The van der Waals surface area contributed by atoms with Gasteiger partial charge in [0.25, 0.3) is 11.5 Å². The number of aromatic nitrogens is 1. The molecule has 1 aromatic carbocycles. The SMILES string of the molecule is C[C@H](CNC(=O)c1ccn(C)c(=O)c1)c1ccc(F)c(F)c1. The maximum Gasteiger partial charge on any atom is 0.251 e. The van der Waals surface area contributed by atoms with Crippen LogP contribution in [0.4, 0.5) is 8.78 Å². The van der Waals surface area contributed by atoms with Crippen molar-refractivity contribution in [2.45, 2.75) is 12.8 Å². The fourth-order valence-electron chi connectivity index (χ4n) is 1.97. The molecule has 2 rings (SSSR count). The fourth-order valence-corrected chi connectivity index (χ4v) is 1.97. The van der Waals surface area contributed by atoms with Gasteiger partial charge in [0.05, 0.1) is 0 Å². The van der Waals surface area contributed by atoms with Crippen LogP contribution in [0.5, 0.6) is 0 Å². The molecule has 1 N–H and O–H groups in total. The summed E-state index contributed by atoms with van der Waals surface area (Å²) in [4.78, 5) is 23.5. The minimum atomic E-state index is -0.915. The molecule has 1 aromatic heterocycles. The monoisotopic (exact) mass is 306 g/mol. The molecule has 22 heavy (non-hydrogen) atoms. The van der Waals surface area contributed by atoms with Crippen molar-refractivity contribution < 1.29 is 13.6 Å². The van der Waals surface area contributed by atoms with Gasteiger partial charge in [-0.2, -0.15) is 0 Å². The Bertz CT molecular complexity index is 756. The molecule has 2 aromatic rings. The molecular weight excluding hydrogens is 290 g/mol. The average molecular weight is 306 g/mol. The van der Waals surface area contributed by atoms with Gasteiger partial charge in [0.15, 0.2) is 11.6 Å². The second-order valence-corrected chi connectivity index (χ2v) is 5.15. The van der Waals surface area contributed by atoms with Crippen LogP contribution in [-0.4, -0.2) is 17.0 Å². The first-order valence-corrected chi connectivity index (χ1v) is 6.78. The zero-order valence-corrected chi connectivity index (χ0v) is 12.3. The van der Waals surface area contributed by atoms with E-state index in [1.807, 2.05) is 0 Å². The van der Waals surface area contributed by atoms with E-state index in [1.165, 1.54) is 22.9 Å². The normalized spacial score (nSPS) is 12.0. The van der Waals surface area contributed by atoms with Gasteiger partial charge in [0, 0.05) is 31.4 Å². The van der Waals surface area contributed by atoms with E-state index in [4.69, 9.17) is 0 Å². The van der Waals surface area contributed by atoms with Crippen LogP contribution < -0.4 is 10.9 Å². The largest absolute Gasteiger partial charge is 0.351 e. The summed E-state index contributed by atoms with van der Waals surface area (Å²) in [6, 6.07) is 6.44. The van der Waals surface area contributed by atoms with Crippen LogP contribution in [0.2, 0.25) is 0 Å². The van der Waals surface area contributed by atoms with Crippen LogP contribution in [0, 0.1) is 11.6 Å². The van der Waals surface area contributed by atoms with E-state index >= 15 is 0 Å². The molecule has 0 saturated heterocycles. The van der Waals surface area contributed by atoms with E-state index in [-0.39, 0.29) is 29.5 Å². The van der Waals surface area contributed by atoms with Crippen LogP contribution in [0.25, 0.3) is 0 Å². The number of halogens is 2. The van der Waals surface area contributed by atoms with E-state index in [0.29, 0.717) is 5.56 Å². The van der Waals surface area contributed by atoms with Gasteiger partial charge in [-0.3, -0.25) is 9.59 Å². The summed E-state index contributed by atoms with van der Waals surface area (Å²) >= 11 is 0. The predicted molar refractivity (Wildman–Crippen MR) is 78.8 cm³/mol. The van der Waals surface area contributed by atoms with Crippen molar-refractivity contribution in [1.82, 2.24) is 9.88 Å². The molecule has 6 heteroatoms. The lowest BCUT2D eigenvalue weighted by Gasteiger charge is -2.13. The summed E-state index contributed by atoms with van der Waals surface area (Å²) in [5.74, 6) is -2.39. The average Bonchev–Trinajstić information content (AvgIpc) is 2.50. The zero-order chi connectivity index (χ0) is 16.3. The lowest BCUT2D eigenvalue weighted by Crippen LogP contribution is -2.29. The number of pyridine rings is 1. The number of rotatable bonds is 4. The molecule has 116 valence electrons. The van der Waals surface area contributed by atoms with E-state index in [2.05, 4.69) is 5.32 Å². The first kappa shape index (κ1) is 15.9. The van der Waals surface area contributed by atoms with Crippen molar-refractivity contribution in [1.29, 1.82) is 0 Å². The highest BCUT2D eigenvalue weighted by atomic mass is 19.2. The molecule has 0 radical (unpaired) electrons. The van der Waals surface area contributed by atoms with Crippen molar-refractivity contribution in [2.75, 3.05) is 6.54 Å². The molecular formula is C16H16F2N2O2. The van der Waals surface area contributed by atoms with Crippen molar-refractivity contribution in [3.8, 4) is 0 Å². The standard InChI is InChI=1S/C16H16F2N2O2/c1-10(11-3-4-13(17)14(18)7-11)9-19-16(22)12-5-6-20(2)15(21)8-12/h3-8,10H,9H2,1-2H3,(H,19,22)/t10-/m1/s1. The molecule has 0 fully saturated rings. The number of benzene rings is 1. The predicted octanol–water partition coefficient (Wildman–Crippen LogP) is 2.20. The zero-order valence-electron chi connectivity index (χ0n) is 12.3. The van der Waals surface area contributed by atoms with Gasteiger partial charge in [0.2, 0.25) is 0 Å². The molecule has 0 bridgehead atoms. The van der Waals surface area contributed by atoms with E-state index in [0.717, 1.165) is 12.1 Å². The van der Waals surface area contributed by atoms with E-state index < -0.39 is 11.6 Å². The summed E-state index contributed by atoms with van der Waals surface area (Å²) in [6.07, 6.45) is 1.51. The van der Waals surface area contributed by atoms with Crippen LogP contribution in [0.3, 0.4) is 0 Å². The van der Waals surface area contributed by atoms with Gasteiger partial charge >= 0.3 is 0 Å². The smallest absolute Gasteiger partial charge is 0.251 e. The first-order chi connectivity index (χ1) is 10.4. The van der Waals surface area contributed by atoms with Gasteiger partial charge in [-0.25, -0.2) is 8.78 Å². The molecule has 1 amide bonds. The van der Waals surface area contributed by atoms with E-state index in [9.17, 15) is 18.4 Å². The minimum absolute atomic E-state index is 0.189. The Hall–Kier alpha value is -2.50. The summed E-state index contributed by atoms with van der Waals surface area (Å²) in [6.45, 7) is 2.04. The third kappa shape index (κ3) is 3.58. The molecule has 1 heterocycles. The summed E-state index contributed by atoms with van der Waals surface area (Å²) < 4.78 is 27.4. The number of nitrogens with zero attached hydrogens (tertiary/aromatic N) is 1. The van der Waals surface area contributed by atoms with Crippen molar-refractivity contribution in [3.05, 3.63) is 69.6 Å². The van der Waals surface area contributed by atoms with Crippen LogP contribution in [0.15, 0.2) is 41.3 Å². The van der Waals surface area contributed by atoms with Crippen molar-refractivity contribution >= 4 is 5.91 Å². The molecule has 4 nitrogen and oxygen atoms in total. The number of hydrogen-bond acceptors (Lipinski definition) is 2. The lowest BCUT2D eigenvalue weighted by atomic mass is 10.0. The van der Waals surface area contributed by atoms with Gasteiger partial charge in [-0.05, 0) is 29.7 Å². The second-order valence-electron chi connectivity index (χ2n) is 5.15. The highest BCUT2D eigenvalue weighted by molar-refractivity contribution is 5.93. The third-order valence-electron chi connectivity index (χ3n) is 3.45. The number of nitrogens with one attached hydrogen (secondary N) is 1. The lowest BCUT2D eigenvalue weighted by molar-refractivity contribution is 0.0951.